The van der Waals surface area contributed by atoms with E-state index in [0.717, 1.165) is 52.1 Å². The van der Waals surface area contributed by atoms with Gasteiger partial charge in [0, 0.05) is 57.6 Å². The summed E-state index contributed by atoms with van der Waals surface area (Å²) in [4.78, 5) is 17.3. The van der Waals surface area contributed by atoms with Crippen molar-refractivity contribution in [3.05, 3.63) is 47.8 Å². The molecule has 1 aromatic heterocycles. The van der Waals surface area contributed by atoms with Crippen LogP contribution in [0.25, 0.3) is 0 Å². The molecule has 28 heavy (non-hydrogen) atoms. The van der Waals surface area contributed by atoms with E-state index in [2.05, 4.69) is 51.4 Å². The zero-order valence-electron chi connectivity index (χ0n) is 17.0. The van der Waals surface area contributed by atoms with Crippen LogP contribution in [-0.2, 0) is 11.8 Å². The Bertz CT molecular complexity index is 809. The summed E-state index contributed by atoms with van der Waals surface area (Å²) in [6.45, 7) is 8.30. The lowest BCUT2D eigenvalue weighted by atomic mass is 10.2. The second kappa shape index (κ2) is 8.35. The lowest BCUT2D eigenvalue weighted by Crippen LogP contribution is -2.47. The van der Waals surface area contributed by atoms with Crippen LogP contribution in [0.3, 0.4) is 0 Å². The standard InChI is InChI=1S/C22H31N5O/c1-17-5-3-6-19(13-17)27-11-9-26(10-12-27)8-4-7-23-22(28)21-14-20(21)18-15-24-25(2)16-18/h3,5-6,13,15-16,20-21H,4,7-12,14H2,1-2H3,(H,23,28). The molecule has 6 nitrogen and oxygen atoms in total. The molecule has 2 aromatic rings. The third kappa shape index (κ3) is 4.55. The summed E-state index contributed by atoms with van der Waals surface area (Å²) in [7, 11) is 1.92. The third-order valence-electron chi connectivity index (χ3n) is 5.97. The highest BCUT2D eigenvalue weighted by Gasteiger charge is 2.44. The van der Waals surface area contributed by atoms with Crippen molar-refractivity contribution in [2.24, 2.45) is 13.0 Å². The summed E-state index contributed by atoms with van der Waals surface area (Å²) in [6, 6.07) is 8.75. The maximum absolute atomic E-state index is 12.3. The van der Waals surface area contributed by atoms with Crippen LogP contribution in [0.2, 0.25) is 0 Å². The Kier molecular flexibility index (Phi) is 5.67. The monoisotopic (exact) mass is 381 g/mol. The van der Waals surface area contributed by atoms with E-state index in [-0.39, 0.29) is 11.8 Å². The van der Waals surface area contributed by atoms with Gasteiger partial charge >= 0.3 is 0 Å². The molecule has 1 aliphatic heterocycles. The highest BCUT2D eigenvalue weighted by Crippen LogP contribution is 2.47. The van der Waals surface area contributed by atoms with E-state index in [1.807, 2.05) is 19.4 Å². The number of nitrogens with one attached hydrogen (secondary N) is 1. The minimum Gasteiger partial charge on any atom is -0.369 e. The van der Waals surface area contributed by atoms with Crippen LogP contribution in [0.1, 0.15) is 29.9 Å². The highest BCUT2D eigenvalue weighted by molar-refractivity contribution is 5.82. The number of benzene rings is 1. The first-order valence-corrected chi connectivity index (χ1v) is 10.4. The Morgan fingerprint density at radius 2 is 2.07 bits per heavy atom. The number of nitrogens with zero attached hydrogens (tertiary/aromatic N) is 4. The Morgan fingerprint density at radius 3 is 2.79 bits per heavy atom. The Hall–Kier alpha value is -2.34. The lowest BCUT2D eigenvalue weighted by molar-refractivity contribution is -0.122. The molecular formula is C22H31N5O. The smallest absolute Gasteiger partial charge is 0.223 e. The Balaban J connectivity index is 1.12. The maximum atomic E-state index is 12.3. The molecule has 2 atom stereocenters. The molecule has 2 fully saturated rings. The van der Waals surface area contributed by atoms with Gasteiger partial charge in [-0.15, -0.1) is 0 Å². The number of rotatable bonds is 7. The molecule has 6 heteroatoms. The summed E-state index contributed by atoms with van der Waals surface area (Å²) in [6.07, 6.45) is 5.88. The van der Waals surface area contributed by atoms with Gasteiger partial charge in [-0.2, -0.15) is 5.10 Å². The van der Waals surface area contributed by atoms with Gasteiger partial charge in [-0.3, -0.25) is 14.4 Å². The molecule has 0 radical (unpaired) electrons. The highest BCUT2D eigenvalue weighted by atomic mass is 16.2. The molecule has 1 amide bonds. The van der Waals surface area contributed by atoms with Crippen molar-refractivity contribution < 1.29 is 4.79 Å². The van der Waals surface area contributed by atoms with Crippen LogP contribution in [0.15, 0.2) is 36.7 Å². The molecule has 4 rings (SSSR count). The van der Waals surface area contributed by atoms with Crippen molar-refractivity contribution in [3.63, 3.8) is 0 Å². The van der Waals surface area contributed by atoms with E-state index in [1.54, 1.807) is 4.68 Å². The van der Waals surface area contributed by atoms with Gasteiger partial charge < -0.3 is 10.2 Å². The quantitative estimate of drug-likeness (QED) is 0.747. The fourth-order valence-electron chi connectivity index (χ4n) is 4.18. The normalized spacial score (nSPS) is 22.3. The average Bonchev–Trinajstić information content (AvgIpc) is 3.39. The van der Waals surface area contributed by atoms with Crippen molar-refractivity contribution in [2.75, 3.05) is 44.2 Å². The molecule has 150 valence electrons. The van der Waals surface area contributed by atoms with Crippen molar-refractivity contribution in [1.29, 1.82) is 0 Å². The van der Waals surface area contributed by atoms with Crippen LogP contribution < -0.4 is 10.2 Å². The first kappa shape index (κ1) is 19.0. The van der Waals surface area contributed by atoms with Crippen molar-refractivity contribution in [3.8, 4) is 0 Å². The molecule has 2 aliphatic rings. The van der Waals surface area contributed by atoms with Crippen LogP contribution in [0.5, 0.6) is 0 Å². The van der Waals surface area contributed by atoms with Crippen molar-refractivity contribution >= 4 is 11.6 Å². The van der Waals surface area contributed by atoms with Gasteiger partial charge in [-0.25, -0.2) is 0 Å². The molecule has 0 bridgehead atoms. The predicted octanol–water partition coefficient (Wildman–Crippen LogP) is 2.16. The molecule has 0 spiro atoms. The maximum Gasteiger partial charge on any atom is 0.223 e. The molecule has 1 saturated carbocycles. The van der Waals surface area contributed by atoms with Crippen molar-refractivity contribution in [1.82, 2.24) is 20.0 Å². The zero-order valence-corrected chi connectivity index (χ0v) is 17.0. The van der Waals surface area contributed by atoms with Crippen LogP contribution >= 0.6 is 0 Å². The fourth-order valence-corrected chi connectivity index (χ4v) is 4.18. The van der Waals surface area contributed by atoms with Gasteiger partial charge in [0.15, 0.2) is 0 Å². The van der Waals surface area contributed by atoms with E-state index < -0.39 is 0 Å². The van der Waals surface area contributed by atoms with Gasteiger partial charge in [0.05, 0.1) is 6.20 Å². The van der Waals surface area contributed by atoms with Gasteiger partial charge in [-0.1, -0.05) is 12.1 Å². The summed E-state index contributed by atoms with van der Waals surface area (Å²) >= 11 is 0. The van der Waals surface area contributed by atoms with Gasteiger partial charge in [-0.05, 0) is 55.5 Å². The minimum absolute atomic E-state index is 0.141. The number of piperazine rings is 1. The third-order valence-corrected chi connectivity index (χ3v) is 5.97. The lowest BCUT2D eigenvalue weighted by Gasteiger charge is -2.36. The predicted molar refractivity (Wildman–Crippen MR) is 112 cm³/mol. The van der Waals surface area contributed by atoms with Gasteiger partial charge in [0.1, 0.15) is 0 Å². The molecule has 2 unspecified atom stereocenters. The number of hydrogen-bond donors (Lipinski definition) is 1. The SMILES string of the molecule is Cc1cccc(N2CCN(CCCNC(=O)C3CC3c3cnn(C)c3)CC2)c1. The summed E-state index contributed by atoms with van der Waals surface area (Å²) in [5.74, 6) is 0.712. The molecule has 1 N–H and O–H groups in total. The van der Waals surface area contributed by atoms with Crippen molar-refractivity contribution in [2.45, 2.75) is 25.7 Å². The minimum atomic E-state index is 0.141. The molecule has 1 aromatic carbocycles. The first-order valence-electron chi connectivity index (χ1n) is 10.4. The van der Waals surface area contributed by atoms with Crippen LogP contribution in [0, 0.1) is 12.8 Å². The van der Waals surface area contributed by atoms with Gasteiger partial charge in [0.25, 0.3) is 0 Å². The number of hydrogen-bond acceptors (Lipinski definition) is 4. The summed E-state index contributed by atoms with van der Waals surface area (Å²) < 4.78 is 1.81. The topological polar surface area (TPSA) is 53.4 Å². The molecule has 2 heterocycles. The van der Waals surface area contributed by atoms with Crippen LogP contribution in [-0.4, -0.2) is 59.9 Å². The van der Waals surface area contributed by atoms with Gasteiger partial charge in [0.2, 0.25) is 5.91 Å². The van der Waals surface area contributed by atoms with E-state index in [9.17, 15) is 4.79 Å². The largest absolute Gasteiger partial charge is 0.369 e. The number of amides is 1. The number of aromatic nitrogens is 2. The second-order valence-corrected chi connectivity index (χ2v) is 8.21. The average molecular weight is 382 g/mol. The number of carbonyl (C=O) groups is 1. The molecule has 1 saturated heterocycles. The fraction of sp³-hybridized carbons (Fsp3) is 0.545. The number of carbonyl (C=O) groups excluding carboxylic acids is 1. The van der Waals surface area contributed by atoms with E-state index in [1.165, 1.54) is 16.8 Å². The summed E-state index contributed by atoms with van der Waals surface area (Å²) in [5.41, 5.74) is 3.84. The second-order valence-electron chi connectivity index (χ2n) is 8.21. The van der Waals surface area contributed by atoms with E-state index >= 15 is 0 Å². The van der Waals surface area contributed by atoms with Crippen LogP contribution in [0.4, 0.5) is 5.69 Å². The Morgan fingerprint density at radius 1 is 1.25 bits per heavy atom. The molecular weight excluding hydrogens is 350 g/mol. The number of aryl methyl sites for hydroxylation is 2. The van der Waals surface area contributed by atoms with E-state index in [0.29, 0.717) is 5.92 Å². The first-order chi connectivity index (χ1) is 13.6. The number of anilines is 1. The molecule has 1 aliphatic carbocycles. The Labute approximate surface area is 167 Å². The zero-order chi connectivity index (χ0) is 19.5. The summed E-state index contributed by atoms with van der Waals surface area (Å²) in [5, 5.41) is 7.33. The van der Waals surface area contributed by atoms with E-state index in [4.69, 9.17) is 0 Å².